The summed E-state index contributed by atoms with van der Waals surface area (Å²) in [6.45, 7) is 1.92. The zero-order valence-electron chi connectivity index (χ0n) is 10.4. The van der Waals surface area contributed by atoms with Crippen LogP contribution in [0.1, 0.15) is 30.0 Å². The first-order chi connectivity index (χ1) is 8.78. The summed E-state index contributed by atoms with van der Waals surface area (Å²) >= 11 is 1.55. The smallest absolute Gasteiger partial charge is 0.220 e. The largest absolute Gasteiger partial charge is 0.376 e. The minimum Gasteiger partial charge on any atom is -0.376 e. The van der Waals surface area contributed by atoms with Gasteiger partial charge >= 0.3 is 0 Å². The summed E-state index contributed by atoms with van der Waals surface area (Å²) < 4.78 is 5.44. The summed E-state index contributed by atoms with van der Waals surface area (Å²) in [5, 5.41) is 5.79. The Morgan fingerprint density at radius 3 is 3.22 bits per heavy atom. The topological polar surface area (TPSA) is 77.2 Å². The van der Waals surface area contributed by atoms with Gasteiger partial charge in [-0.25, -0.2) is 4.98 Å². The van der Waals surface area contributed by atoms with Crippen molar-refractivity contribution >= 4 is 17.2 Å². The predicted octanol–water partition coefficient (Wildman–Crippen LogP) is 0.830. The lowest BCUT2D eigenvalue weighted by Crippen LogP contribution is -2.31. The Labute approximate surface area is 111 Å². The first kappa shape index (κ1) is 13.5. The number of rotatable bonds is 6. The fraction of sp³-hybridized carbons (Fsp3) is 0.667. The third kappa shape index (κ3) is 4.04. The maximum absolute atomic E-state index is 11.6. The van der Waals surface area contributed by atoms with E-state index in [9.17, 15) is 4.79 Å². The van der Waals surface area contributed by atoms with Crippen molar-refractivity contribution in [2.24, 2.45) is 5.73 Å². The number of thiazole rings is 1. The van der Waals surface area contributed by atoms with Gasteiger partial charge in [-0.15, -0.1) is 11.3 Å². The summed E-state index contributed by atoms with van der Waals surface area (Å²) in [6.07, 6.45) is 3.50. The lowest BCUT2D eigenvalue weighted by Gasteiger charge is -2.10. The quantitative estimate of drug-likeness (QED) is 0.802. The molecule has 0 bridgehead atoms. The number of aryl methyl sites for hydroxylation is 1. The molecule has 1 amide bonds. The highest BCUT2D eigenvalue weighted by Crippen LogP contribution is 2.12. The van der Waals surface area contributed by atoms with Crippen molar-refractivity contribution in [1.29, 1.82) is 0 Å². The zero-order valence-corrected chi connectivity index (χ0v) is 11.2. The van der Waals surface area contributed by atoms with Gasteiger partial charge in [-0.1, -0.05) is 0 Å². The van der Waals surface area contributed by atoms with Crippen molar-refractivity contribution in [1.82, 2.24) is 10.3 Å². The summed E-state index contributed by atoms with van der Waals surface area (Å²) in [6, 6.07) is 0. The van der Waals surface area contributed by atoms with Crippen LogP contribution in [0.3, 0.4) is 0 Å². The van der Waals surface area contributed by atoms with Crippen molar-refractivity contribution in [3.05, 3.63) is 16.1 Å². The maximum atomic E-state index is 11.6. The minimum atomic E-state index is 0.0628. The number of amides is 1. The Bertz CT molecular complexity index is 388. The van der Waals surface area contributed by atoms with Gasteiger partial charge in [-0.05, 0) is 19.3 Å². The van der Waals surface area contributed by atoms with Crippen LogP contribution >= 0.6 is 11.3 Å². The van der Waals surface area contributed by atoms with Crippen LogP contribution < -0.4 is 11.1 Å². The summed E-state index contributed by atoms with van der Waals surface area (Å²) in [7, 11) is 0. The lowest BCUT2D eigenvalue weighted by molar-refractivity contribution is -0.121. The van der Waals surface area contributed by atoms with E-state index in [4.69, 9.17) is 10.5 Å². The fourth-order valence-corrected chi connectivity index (χ4v) is 2.63. The molecule has 1 saturated heterocycles. The number of nitrogens with zero attached hydrogens (tertiary/aromatic N) is 1. The Morgan fingerprint density at radius 2 is 2.56 bits per heavy atom. The normalized spacial score (nSPS) is 19.1. The standard InChI is InChI=1S/C12H19N3O2S/c13-6-12-15-9(8-18-12)3-4-11(16)14-7-10-2-1-5-17-10/h8,10H,1-7,13H2,(H,14,16). The molecule has 1 atom stereocenters. The van der Waals surface area contributed by atoms with E-state index in [1.165, 1.54) is 0 Å². The monoisotopic (exact) mass is 269 g/mol. The lowest BCUT2D eigenvalue weighted by atomic mass is 10.2. The molecular formula is C12H19N3O2S. The maximum Gasteiger partial charge on any atom is 0.220 e. The molecule has 3 N–H and O–H groups in total. The van der Waals surface area contributed by atoms with Crippen LogP contribution in [0.15, 0.2) is 5.38 Å². The Morgan fingerprint density at radius 1 is 1.67 bits per heavy atom. The molecule has 1 fully saturated rings. The van der Waals surface area contributed by atoms with Crippen LogP contribution in [0.4, 0.5) is 0 Å². The summed E-state index contributed by atoms with van der Waals surface area (Å²) in [5.41, 5.74) is 6.44. The van der Waals surface area contributed by atoms with E-state index in [1.54, 1.807) is 11.3 Å². The van der Waals surface area contributed by atoms with Gasteiger partial charge in [0, 0.05) is 31.5 Å². The van der Waals surface area contributed by atoms with Gasteiger partial charge in [0.05, 0.1) is 11.8 Å². The third-order valence-corrected chi connectivity index (χ3v) is 3.85. The van der Waals surface area contributed by atoms with E-state index in [-0.39, 0.29) is 12.0 Å². The first-order valence-corrected chi connectivity index (χ1v) is 7.17. The fourth-order valence-electron chi connectivity index (χ4n) is 1.92. The molecule has 2 heterocycles. The number of nitrogens with one attached hydrogen (secondary N) is 1. The molecule has 1 aliphatic heterocycles. The highest BCUT2D eigenvalue weighted by atomic mass is 32.1. The molecule has 2 rings (SSSR count). The number of ether oxygens (including phenoxy) is 1. The van der Waals surface area contributed by atoms with Crippen LogP contribution in [-0.2, 0) is 22.5 Å². The molecule has 0 spiro atoms. The van der Waals surface area contributed by atoms with Crippen LogP contribution in [0.25, 0.3) is 0 Å². The van der Waals surface area contributed by atoms with Gasteiger partial charge < -0.3 is 15.8 Å². The van der Waals surface area contributed by atoms with E-state index in [0.717, 1.165) is 30.2 Å². The average Bonchev–Trinajstić information content (AvgIpc) is 3.04. The second-order valence-corrected chi connectivity index (χ2v) is 5.32. The van der Waals surface area contributed by atoms with E-state index in [0.29, 0.717) is 25.9 Å². The van der Waals surface area contributed by atoms with Crippen LogP contribution in [0, 0.1) is 0 Å². The average molecular weight is 269 g/mol. The number of hydrogen-bond donors (Lipinski definition) is 2. The van der Waals surface area contributed by atoms with E-state index in [2.05, 4.69) is 10.3 Å². The van der Waals surface area contributed by atoms with E-state index >= 15 is 0 Å². The second kappa shape index (κ2) is 6.82. The third-order valence-electron chi connectivity index (χ3n) is 2.93. The van der Waals surface area contributed by atoms with Gasteiger partial charge in [-0.3, -0.25) is 4.79 Å². The van der Waals surface area contributed by atoms with Crippen molar-refractivity contribution in [3.63, 3.8) is 0 Å². The van der Waals surface area contributed by atoms with Crippen molar-refractivity contribution in [2.45, 2.75) is 38.3 Å². The highest BCUT2D eigenvalue weighted by Gasteiger charge is 2.16. The number of nitrogens with two attached hydrogens (primary N) is 1. The Kier molecular flexibility index (Phi) is 5.10. The predicted molar refractivity (Wildman–Crippen MR) is 70.3 cm³/mol. The molecule has 5 nitrogen and oxygen atoms in total. The number of hydrogen-bond acceptors (Lipinski definition) is 5. The van der Waals surface area contributed by atoms with Gasteiger partial charge in [0.2, 0.25) is 5.91 Å². The van der Waals surface area contributed by atoms with Crippen molar-refractivity contribution in [2.75, 3.05) is 13.2 Å². The molecule has 18 heavy (non-hydrogen) atoms. The highest BCUT2D eigenvalue weighted by molar-refractivity contribution is 7.09. The molecule has 0 radical (unpaired) electrons. The number of carbonyl (C=O) groups excluding carboxylic acids is 1. The van der Waals surface area contributed by atoms with Gasteiger partial charge in [0.15, 0.2) is 0 Å². The Balaban J connectivity index is 1.64. The molecule has 1 aromatic heterocycles. The first-order valence-electron chi connectivity index (χ1n) is 6.29. The SMILES string of the molecule is NCc1nc(CCC(=O)NCC2CCCO2)cs1. The number of carbonyl (C=O) groups is 1. The van der Waals surface area contributed by atoms with Crippen LogP contribution in [-0.4, -0.2) is 30.1 Å². The second-order valence-electron chi connectivity index (χ2n) is 4.38. The van der Waals surface area contributed by atoms with Crippen molar-refractivity contribution < 1.29 is 9.53 Å². The minimum absolute atomic E-state index is 0.0628. The van der Waals surface area contributed by atoms with Gasteiger partial charge in [0.1, 0.15) is 5.01 Å². The van der Waals surface area contributed by atoms with Gasteiger partial charge in [0.25, 0.3) is 0 Å². The zero-order chi connectivity index (χ0) is 12.8. The number of aromatic nitrogens is 1. The molecule has 1 aliphatic rings. The summed E-state index contributed by atoms with van der Waals surface area (Å²) in [4.78, 5) is 16.0. The molecule has 100 valence electrons. The molecule has 0 aliphatic carbocycles. The summed E-state index contributed by atoms with van der Waals surface area (Å²) in [5.74, 6) is 0.0628. The van der Waals surface area contributed by atoms with Crippen molar-refractivity contribution in [3.8, 4) is 0 Å². The Hall–Kier alpha value is -0.980. The van der Waals surface area contributed by atoms with Gasteiger partial charge in [-0.2, -0.15) is 0 Å². The molecule has 1 unspecified atom stereocenters. The van der Waals surface area contributed by atoms with E-state index in [1.807, 2.05) is 5.38 Å². The van der Waals surface area contributed by atoms with Crippen LogP contribution in [0.5, 0.6) is 0 Å². The molecule has 1 aromatic rings. The molecular weight excluding hydrogens is 250 g/mol. The molecule has 0 aromatic carbocycles. The van der Waals surface area contributed by atoms with Crippen LogP contribution in [0.2, 0.25) is 0 Å². The molecule has 0 saturated carbocycles. The molecule has 6 heteroatoms. The van der Waals surface area contributed by atoms with E-state index < -0.39 is 0 Å².